The van der Waals surface area contributed by atoms with Crippen molar-refractivity contribution in [1.82, 2.24) is 15.5 Å². The molecular formula is C24H30ClN3O5. The van der Waals surface area contributed by atoms with Crippen molar-refractivity contribution in [2.45, 2.75) is 45.8 Å². The van der Waals surface area contributed by atoms with Crippen molar-refractivity contribution in [2.75, 3.05) is 13.7 Å². The van der Waals surface area contributed by atoms with Gasteiger partial charge in [-0.05, 0) is 63.6 Å². The minimum Gasteiger partial charge on any atom is -0.489 e. The Bertz CT molecular complexity index is 1050. The molecule has 3 rings (SSSR count). The van der Waals surface area contributed by atoms with E-state index in [1.54, 1.807) is 12.1 Å². The maximum Gasteiger partial charge on any atom is 0.304 e. The van der Waals surface area contributed by atoms with Crippen LogP contribution in [0.2, 0.25) is 5.02 Å². The number of carboxylic acid groups (broad SMARTS) is 1. The molecule has 9 heteroatoms. The Morgan fingerprint density at radius 2 is 1.79 bits per heavy atom. The van der Waals surface area contributed by atoms with Crippen LogP contribution in [0, 0.1) is 0 Å². The molecule has 8 nitrogen and oxygen atoms in total. The van der Waals surface area contributed by atoms with Crippen LogP contribution < -0.4 is 10.1 Å². The van der Waals surface area contributed by atoms with Gasteiger partial charge in [-0.2, -0.15) is 4.98 Å². The van der Waals surface area contributed by atoms with Crippen molar-refractivity contribution < 1.29 is 24.3 Å². The molecule has 3 aromatic rings. The number of carboxylic acids is 1. The van der Waals surface area contributed by atoms with Gasteiger partial charge in [0.25, 0.3) is 5.89 Å². The fourth-order valence-corrected chi connectivity index (χ4v) is 3.29. The van der Waals surface area contributed by atoms with Crippen LogP contribution in [0.5, 0.6) is 5.75 Å². The highest BCUT2D eigenvalue weighted by atomic mass is 35.5. The summed E-state index contributed by atoms with van der Waals surface area (Å²) in [6.45, 7) is 8.28. The lowest BCUT2D eigenvalue weighted by Crippen LogP contribution is -2.37. The fourth-order valence-electron chi connectivity index (χ4n) is 3.06. The molecule has 1 heterocycles. The number of ether oxygens (including phenoxy) is 1. The van der Waals surface area contributed by atoms with Crippen molar-refractivity contribution in [3.05, 3.63) is 53.1 Å². The second kappa shape index (κ2) is 11.8. The summed E-state index contributed by atoms with van der Waals surface area (Å²) in [7, 11) is 1.00. The first-order chi connectivity index (χ1) is 15.7. The van der Waals surface area contributed by atoms with E-state index in [4.69, 9.17) is 31.1 Å². The van der Waals surface area contributed by atoms with Crippen molar-refractivity contribution in [1.29, 1.82) is 0 Å². The Morgan fingerprint density at radius 3 is 2.36 bits per heavy atom. The van der Waals surface area contributed by atoms with E-state index in [0.29, 0.717) is 29.0 Å². The van der Waals surface area contributed by atoms with E-state index in [0.717, 1.165) is 23.8 Å². The number of carbonyl (C=O) groups is 1. The molecule has 178 valence electrons. The third-order valence-corrected chi connectivity index (χ3v) is 5.03. The number of hydrogen-bond donors (Lipinski definition) is 3. The fraction of sp³-hybridized carbons (Fsp3) is 0.375. The number of benzene rings is 2. The predicted octanol–water partition coefficient (Wildman–Crippen LogP) is 4.75. The predicted molar refractivity (Wildman–Crippen MR) is 127 cm³/mol. The number of aliphatic carboxylic acids is 1. The highest BCUT2D eigenvalue weighted by molar-refractivity contribution is 6.32. The Kier molecular flexibility index (Phi) is 9.40. The molecule has 0 saturated heterocycles. The van der Waals surface area contributed by atoms with Crippen LogP contribution in [0.25, 0.3) is 22.8 Å². The first-order valence-corrected chi connectivity index (χ1v) is 10.9. The number of nitrogens with one attached hydrogen (secondary N) is 1. The van der Waals surface area contributed by atoms with E-state index in [1.807, 2.05) is 58.0 Å². The molecule has 1 aromatic heterocycles. The first kappa shape index (κ1) is 26.3. The van der Waals surface area contributed by atoms with E-state index < -0.39 is 5.97 Å². The number of hydrogen-bond acceptors (Lipinski definition) is 7. The standard InChI is InChI=1S/C23H26ClN3O4.CH4O/c1-14(2)30-19-10-7-16(13-18(19)24)21-26-22(31-27-21)15-5-8-17(9-6-15)23(3,4)25-12-11-20(28)29;1-2/h5-10,13-14,25H,11-12H2,1-4H3,(H,28,29);2H,1H3. The summed E-state index contributed by atoms with van der Waals surface area (Å²) < 4.78 is 11.1. The van der Waals surface area contributed by atoms with Crippen molar-refractivity contribution in [3.63, 3.8) is 0 Å². The van der Waals surface area contributed by atoms with Crippen LogP contribution in [-0.2, 0) is 10.3 Å². The molecule has 0 amide bonds. The largest absolute Gasteiger partial charge is 0.489 e. The van der Waals surface area contributed by atoms with Crippen LogP contribution in [-0.4, -0.2) is 46.1 Å². The maximum atomic E-state index is 10.7. The highest BCUT2D eigenvalue weighted by Crippen LogP contribution is 2.31. The van der Waals surface area contributed by atoms with E-state index >= 15 is 0 Å². The van der Waals surface area contributed by atoms with E-state index in [2.05, 4.69) is 15.5 Å². The van der Waals surface area contributed by atoms with Crippen molar-refractivity contribution in [2.24, 2.45) is 0 Å². The summed E-state index contributed by atoms with van der Waals surface area (Å²) in [6.07, 6.45) is 0.0985. The molecule has 0 atom stereocenters. The van der Waals surface area contributed by atoms with Gasteiger partial charge in [0.1, 0.15) is 5.75 Å². The van der Waals surface area contributed by atoms with Crippen LogP contribution in [0.15, 0.2) is 47.0 Å². The van der Waals surface area contributed by atoms with Gasteiger partial charge in [-0.15, -0.1) is 0 Å². The van der Waals surface area contributed by atoms with E-state index in [9.17, 15) is 4.79 Å². The van der Waals surface area contributed by atoms with Gasteiger partial charge in [-0.3, -0.25) is 4.79 Å². The summed E-state index contributed by atoms with van der Waals surface area (Å²) in [5, 5.41) is 23.6. The Morgan fingerprint density at radius 1 is 1.15 bits per heavy atom. The van der Waals surface area contributed by atoms with Gasteiger partial charge in [-0.25, -0.2) is 0 Å². The first-order valence-electron chi connectivity index (χ1n) is 10.5. The van der Waals surface area contributed by atoms with Crippen LogP contribution in [0.4, 0.5) is 0 Å². The lowest BCUT2D eigenvalue weighted by molar-refractivity contribution is -0.136. The van der Waals surface area contributed by atoms with Gasteiger partial charge < -0.3 is 24.8 Å². The van der Waals surface area contributed by atoms with Gasteiger partial charge in [0, 0.05) is 30.3 Å². The Labute approximate surface area is 198 Å². The molecule has 33 heavy (non-hydrogen) atoms. The lowest BCUT2D eigenvalue weighted by atomic mass is 9.93. The molecule has 0 aliphatic rings. The zero-order chi connectivity index (χ0) is 24.6. The topological polar surface area (TPSA) is 118 Å². The summed E-state index contributed by atoms with van der Waals surface area (Å²) in [4.78, 5) is 15.2. The second-order valence-corrected chi connectivity index (χ2v) is 8.42. The van der Waals surface area contributed by atoms with Gasteiger partial charge >= 0.3 is 5.97 Å². The minimum absolute atomic E-state index is 0.0282. The summed E-state index contributed by atoms with van der Waals surface area (Å²) in [6, 6.07) is 13.1. The third kappa shape index (κ3) is 7.28. The van der Waals surface area contributed by atoms with Gasteiger partial charge in [0.2, 0.25) is 5.82 Å². The van der Waals surface area contributed by atoms with Crippen LogP contribution >= 0.6 is 11.6 Å². The quantitative estimate of drug-likeness (QED) is 0.405. The normalized spacial score (nSPS) is 11.2. The maximum absolute atomic E-state index is 10.7. The number of aliphatic hydroxyl groups excluding tert-OH is 1. The molecule has 2 aromatic carbocycles. The molecule has 0 saturated carbocycles. The number of rotatable bonds is 9. The Hall–Kier alpha value is -2.94. The molecule has 0 bridgehead atoms. The average molecular weight is 476 g/mol. The highest BCUT2D eigenvalue weighted by Gasteiger charge is 2.20. The van der Waals surface area contributed by atoms with Crippen LogP contribution in [0.1, 0.15) is 39.7 Å². The van der Waals surface area contributed by atoms with E-state index in [1.165, 1.54) is 0 Å². The van der Waals surface area contributed by atoms with Crippen LogP contribution in [0.3, 0.4) is 0 Å². The third-order valence-electron chi connectivity index (χ3n) is 4.74. The number of aromatic nitrogens is 2. The molecule has 0 fully saturated rings. The second-order valence-electron chi connectivity index (χ2n) is 8.01. The molecule has 0 radical (unpaired) electrons. The van der Waals surface area contributed by atoms with Crippen molar-refractivity contribution in [3.8, 4) is 28.6 Å². The SMILES string of the molecule is CC(C)Oc1ccc(-c2noc(-c3ccc(C(C)(C)NCCC(=O)O)cc3)n2)cc1Cl.CO. The molecule has 0 unspecified atom stereocenters. The zero-order valence-corrected chi connectivity index (χ0v) is 20.2. The summed E-state index contributed by atoms with van der Waals surface area (Å²) in [5.41, 5.74) is 2.17. The Balaban J connectivity index is 0.00000187. The number of aliphatic hydroxyl groups is 1. The monoisotopic (exact) mass is 475 g/mol. The van der Waals surface area contributed by atoms with Gasteiger partial charge in [-0.1, -0.05) is 28.9 Å². The van der Waals surface area contributed by atoms with Gasteiger partial charge in [0.15, 0.2) is 0 Å². The van der Waals surface area contributed by atoms with E-state index in [-0.39, 0.29) is 18.1 Å². The van der Waals surface area contributed by atoms with Crippen molar-refractivity contribution >= 4 is 17.6 Å². The molecule has 0 spiro atoms. The molecular weight excluding hydrogens is 446 g/mol. The van der Waals surface area contributed by atoms with Gasteiger partial charge in [0.05, 0.1) is 17.5 Å². The zero-order valence-electron chi connectivity index (χ0n) is 19.4. The summed E-state index contributed by atoms with van der Waals surface area (Å²) >= 11 is 6.31. The number of nitrogens with zero attached hydrogens (tertiary/aromatic N) is 2. The molecule has 3 N–H and O–H groups in total. The molecule has 0 aliphatic heterocycles. The minimum atomic E-state index is -0.825. The smallest absolute Gasteiger partial charge is 0.304 e. The summed E-state index contributed by atoms with van der Waals surface area (Å²) in [5.74, 6) is 0.623. The molecule has 0 aliphatic carbocycles. The average Bonchev–Trinajstić information content (AvgIpc) is 3.26. The number of halogens is 1. The lowest BCUT2D eigenvalue weighted by Gasteiger charge is -2.27.